The number of hydrogen-bond acceptors (Lipinski definition) is 2. The average molecular weight is 219 g/mol. The molecule has 0 amide bonds. The van der Waals surface area contributed by atoms with Crippen molar-refractivity contribution in [3.63, 3.8) is 0 Å². The van der Waals surface area contributed by atoms with Crippen molar-refractivity contribution in [2.75, 3.05) is 0 Å². The maximum atomic E-state index is 11.0. The van der Waals surface area contributed by atoms with Gasteiger partial charge in [0, 0.05) is 18.3 Å². The molecule has 0 saturated heterocycles. The van der Waals surface area contributed by atoms with Gasteiger partial charge in [0.25, 0.3) is 0 Å². The van der Waals surface area contributed by atoms with Crippen molar-refractivity contribution in [3.05, 3.63) is 53.1 Å². The summed E-state index contributed by atoms with van der Waals surface area (Å²) < 4.78 is 0. The van der Waals surface area contributed by atoms with Gasteiger partial charge in [0.1, 0.15) is 0 Å². The van der Waals surface area contributed by atoms with Crippen LogP contribution in [0.5, 0.6) is 0 Å². The Labute approximate surface area is 93.0 Å². The van der Waals surface area contributed by atoms with Crippen molar-refractivity contribution >= 4 is 5.97 Å². The summed E-state index contributed by atoms with van der Waals surface area (Å²) in [5.41, 5.74) is 3.15. The summed E-state index contributed by atoms with van der Waals surface area (Å²) in [5, 5.41) is 9.00. The number of H-pyrrole nitrogens is 1. The highest BCUT2D eigenvalue weighted by Gasteiger charge is 2.10. The fourth-order valence-electron chi connectivity index (χ4n) is 1.69. The SMILES string of the molecule is Cc1c(Cc2c[15n][13cH][15nH]2)cccc1C(=O)O. The Morgan fingerprint density at radius 2 is 2.31 bits per heavy atom. The summed E-state index contributed by atoms with van der Waals surface area (Å²) in [4.78, 5) is 17.9. The number of nitrogens with one attached hydrogen (secondary N) is 1. The molecule has 1 aromatic heterocycles. The zero-order valence-electron chi connectivity index (χ0n) is 8.90. The maximum Gasteiger partial charge on any atom is 0.335 e. The molecule has 4 heteroatoms. The Morgan fingerprint density at radius 1 is 1.50 bits per heavy atom. The Morgan fingerprint density at radius 3 is 2.94 bits per heavy atom. The molecule has 2 rings (SSSR count). The molecule has 16 heavy (non-hydrogen) atoms. The van der Waals surface area contributed by atoms with Gasteiger partial charge in [-0.3, -0.25) is 0 Å². The molecule has 0 fully saturated rings. The van der Waals surface area contributed by atoms with Crippen LogP contribution in [-0.2, 0) is 6.42 Å². The number of aromatic amines is 1. The van der Waals surface area contributed by atoms with Gasteiger partial charge in [-0.25, -0.2) is 9.78 Å². The summed E-state index contributed by atoms with van der Waals surface area (Å²) in [7, 11) is 0. The highest BCUT2D eigenvalue weighted by Crippen LogP contribution is 2.16. The normalized spacial score (nSPS) is 10.3. The van der Waals surface area contributed by atoms with E-state index in [-0.39, 0.29) is 0 Å². The lowest BCUT2D eigenvalue weighted by molar-refractivity contribution is 0.0696. The van der Waals surface area contributed by atoms with E-state index < -0.39 is 5.97 Å². The van der Waals surface area contributed by atoms with E-state index in [1.54, 1.807) is 24.7 Å². The number of carboxylic acids is 1. The topological polar surface area (TPSA) is 66.0 Å². The molecule has 2 N–H and O–H groups in total. The Bertz CT molecular complexity index is 504. The minimum absolute atomic E-state index is 0.358. The summed E-state index contributed by atoms with van der Waals surface area (Å²) in [5.74, 6) is -0.885. The highest BCUT2D eigenvalue weighted by molar-refractivity contribution is 5.89. The number of rotatable bonds is 3. The number of hydrogen-bond donors (Lipinski definition) is 2. The number of aromatic nitrogens is 2. The largest absolute Gasteiger partial charge is 0.478 e. The number of benzene rings is 1. The number of aromatic carboxylic acids is 1. The van der Waals surface area contributed by atoms with Crippen LogP contribution in [0.4, 0.5) is 0 Å². The predicted octanol–water partition coefficient (Wildman–Crippen LogP) is 2.01. The minimum atomic E-state index is -0.885. The summed E-state index contributed by atoms with van der Waals surface area (Å²) in [6, 6.07) is 5.32. The highest BCUT2D eigenvalue weighted by atomic mass is 16.4. The van der Waals surface area contributed by atoms with Crippen LogP contribution >= 0.6 is 0 Å². The lowest BCUT2D eigenvalue weighted by Gasteiger charge is -2.07. The first-order chi connectivity index (χ1) is 7.68. The molecule has 0 unspecified atom stereocenters. The molecule has 1 aromatic carbocycles. The van der Waals surface area contributed by atoms with Gasteiger partial charge in [0.15, 0.2) is 0 Å². The number of carboxylic acid groups (broad SMARTS) is 1. The minimum Gasteiger partial charge on any atom is -0.478 e. The van der Waals surface area contributed by atoms with Crippen LogP contribution in [0.1, 0.15) is 27.2 Å². The van der Waals surface area contributed by atoms with E-state index in [1.165, 1.54) is 0 Å². The first-order valence-electron chi connectivity index (χ1n) is 4.97. The molecule has 4 nitrogen and oxygen atoms in total. The summed E-state index contributed by atoms with van der Waals surface area (Å²) >= 11 is 0. The van der Waals surface area contributed by atoms with Crippen LogP contribution < -0.4 is 0 Å². The first kappa shape index (κ1) is 10.4. The van der Waals surface area contributed by atoms with E-state index in [0.717, 1.165) is 16.8 Å². The molecule has 0 bridgehead atoms. The fraction of sp³-hybridized carbons (Fsp3) is 0.167. The zero-order chi connectivity index (χ0) is 11.5. The fourth-order valence-corrected chi connectivity index (χ4v) is 1.69. The molecule has 0 aliphatic rings. The molecule has 0 aliphatic carbocycles. The Balaban J connectivity index is 2.35. The smallest absolute Gasteiger partial charge is 0.335 e. The van der Waals surface area contributed by atoms with E-state index in [1.807, 2.05) is 13.0 Å². The third-order valence-electron chi connectivity index (χ3n) is 2.61. The zero-order valence-corrected chi connectivity index (χ0v) is 8.90. The third kappa shape index (κ3) is 1.95. The van der Waals surface area contributed by atoms with Crippen molar-refractivity contribution in [1.29, 1.82) is 0 Å². The van der Waals surface area contributed by atoms with Gasteiger partial charge in [-0.2, -0.15) is 0 Å². The average Bonchev–Trinajstić information content (AvgIpc) is 2.73. The van der Waals surface area contributed by atoms with Crippen LogP contribution in [0, 0.1) is 6.92 Å². The van der Waals surface area contributed by atoms with Gasteiger partial charge < -0.3 is 10.1 Å². The molecular formula is C12H12N2O2. The van der Waals surface area contributed by atoms with Crippen LogP contribution in [-0.4, -0.2) is 21.0 Å². The summed E-state index contributed by atoms with van der Waals surface area (Å²) in [6.07, 6.45) is 4.03. The second kappa shape index (κ2) is 4.18. The lowest BCUT2D eigenvalue weighted by Crippen LogP contribution is -2.03. The Kier molecular flexibility index (Phi) is 2.72. The molecule has 0 saturated carbocycles. The van der Waals surface area contributed by atoms with Crippen molar-refractivity contribution in [2.45, 2.75) is 13.3 Å². The second-order valence-corrected chi connectivity index (χ2v) is 3.65. The molecular weight excluding hydrogens is 207 g/mol. The summed E-state index contributed by atoms with van der Waals surface area (Å²) in [6.45, 7) is 1.83. The van der Waals surface area contributed by atoms with E-state index in [2.05, 4.69) is 9.97 Å². The van der Waals surface area contributed by atoms with Gasteiger partial charge in [-0.15, -0.1) is 0 Å². The standard InChI is InChI=1S/C12H12N2O2/c1-8-9(5-10-6-13-7-14-10)3-2-4-11(8)12(15)16/h2-4,6-7H,5H2,1H3,(H,13,14)(H,15,16)/i7+1,13+1,14+1. The van der Waals surface area contributed by atoms with Gasteiger partial charge in [-0.05, 0) is 24.1 Å². The quantitative estimate of drug-likeness (QED) is 0.829. The van der Waals surface area contributed by atoms with Crippen molar-refractivity contribution < 1.29 is 9.90 Å². The second-order valence-electron chi connectivity index (χ2n) is 3.65. The first-order valence-corrected chi connectivity index (χ1v) is 4.97. The molecule has 0 atom stereocenters. The predicted molar refractivity (Wildman–Crippen MR) is 59.5 cm³/mol. The van der Waals surface area contributed by atoms with Crippen molar-refractivity contribution in [3.8, 4) is 0 Å². The van der Waals surface area contributed by atoms with Crippen LogP contribution in [0.3, 0.4) is 0 Å². The maximum absolute atomic E-state index is 11.0. The van der Waals surface area contributed by atoms with E-state index in [9.17, 15) is 4.79 Å². The van der Waals surface area contributed by atoms with Gasteiger partial charge >= 0.3 is 5.97 Å². The monoisotopic (exact) mass is 219 g/mol. The number of imidazole rings is 1. The van der Waals surface area contributed by atoms with Crippen LogP contribution in [0.15, 0.2) is 30.7 Å². The van der Waals surface area contributed by atoms with E-state index in [0.29, 0.717) is 12.0 Å². The van der Waals surface area contributed by atoms with Crippen LogP contribution in [0.2, 0.25) is 0 Å². The molecule has 0 radical (unpaired) electrons. The van der Waals surface area contributed by atoms with Crippen molar-refractivity contribution in [1.82, 2.24) is 9.97 Å². The van der Waals surface area contributed by atoms with Crippen molar-refractivity contribution in [2.24, 2.45) is 0 Å². The lowest BCUT2D eigenvalue weighted by atomic mass is 9.99. The molecule has 0 aliphatic heterocycles. The molecule has 82 valence electrons. The molecule has 2 aromatic rings. The van der Waals surface area contributed by atoms with Gasteiger partial charge in [0.05, 0.1) is 11.9 Å². The number of nitrogens with zero attached hydrogens (tertiary/aromatic N) is 1. The number of carbonyl (C=O) groups is 1. The molecule has 1 heterocycles. The van der Waals surface area contributed by atoms with Gasteiger partial charge in [0.2, 0.25) is 0 Å². The van der Waals surface area contributed by atoms with Gasteiger partial charge in [-0.1, -0.05) is 12.1 Å². The van der Waals surface area contributed by atoms with E-state index >= 15 is 0 Å². The molecule has 0 spiro atoms. The van der Waals surface area contributed by atoms with Crippen LogP contribution in [0.25, 0.3) is 0 Å². The Hall–Kier alpha value is -2.10. The van der Waals surface area contributed by atoms with E-state index in [4.69, 9.17) is 5.11 Å². The third-order valence-corrected chi connectivity index (χ3v) is 2.61.